The second kappa shape index (κ2) is 8.17. The van der Waals surface area contributed by atoms with Crippen molar-refractivity contribution in [2.45, 2.75) is 19.9 Å². The van der Waals surface area contributed by atoms with Gasteiger partial charge in [-0.15, -0.1) is 0 Å². The number of azo groups is 1. The van der Waals surface area contributed by atoms with Crippen LogP contribution in [0.5, 0.6) is 17.2 Å². The van der Waals surface area contributed by atoms with Gasteiger partial charge in [0.2, 0.25) is 5.75 Å². The first kappa shape index (κ1) is 16.8. The van der Waals surface area contributed by atoms with Crippen LogP contribution in [0.15, 0.2) is 46.6 Å². The van der Waals surface area contributed by atoms with Gasteiger partial charge in [0.1, 0.15) is 0 Å². The Bertz CT molecular complexity index is 659. The Morgan fingerprint density at radius 1 is 0.913 bits per heavy atom. The fourth-order valence-corrected chi connectivity index (χ4v) is 2.33. The largest absolute Gasteiger partial charge is 0.493 e. The summed E-state index contributed by atoms with van der Waals surface area (Å²) in [6.45, 7) is 2.54. The predicted octanol–water partition coefficient (Wildman–Crippen LogP) is 4.56. The van der Waals surface area contributed by atoms with Gasteiger partial charge in [0.15, 0.2) is 11.5 Å². The van der Waals surface area contributed by atoms with Gasteiger partial charge >= 0.3 is 0 Å². The molecule has 2 aromatic rings. The number of hydrogen-bond acceptors (Lipinski definition) is 5. The normalized spacial score (nSPS) is 10.8. The van der Waals surface area contributed by atoms with Crippen LogP contribution in [0.1, 0.15) is 18.1 Å². The van der Waals surface area contributed by atoms with Crippen molar-refractivity contribution in [1.82, 2.24) is 0 Å². The van der Waals surface area contributed by atoms with Crippen LogP contribution < -0.4 is 14.2 Å². The van der Waals surface area contributed by atoms with Crippen LogP contribution in [0.25, 0.3) is 0 Å². The summed E-state index contributed by atoms with van der Waals surface area (Å²) >= 11 is 0. The van der Waals surface area contributed by atoms with E-state index in [0.717, 1.165) is 17.7 Å². The number of methoxy groups -OCH3 is 3. The molecule has 0 radical (unpaired) electrons. The summed E-state index contributed by atoms with van der Waals surface area (Å²) in [5.74, 6) is 1.81. The molecule has 0 bridgehead atoms. The van der Waals surface area contributed by atoms with Crippen molar-refractivity contribution in [1.29, 1.82) is 0 Å². The maximum atomic E-state index is 5.34. The molecule has 23 heavy (non-hydrogen) atoms. The lowest BCUT2D eigenvalue weighted by Crippen LogP contribution is -1.96. The predicted molar refractivity (Wildman–Crippen MR) is 90.1 cm³/mol. The molecule has 0 spiro atoms. The Labute approximate surface area is 136 Å². The summed E-state index contributed by atoms with van der Waals surface area (Å²) < 4.78 is 16.0. The molecule has 0 aliphatic carbocycles. The zero-order valence-corrected chi connectivity index (χ0v) is 14.0. The van der Waals surface area contributed by atoms with Gasteiger partial charge in [0.05, 0.1) is 33.6 Å². The molecule has 0 N–H and O–H groups in total. The first-order chi connectivity index (χ1) is 11.2. The van der Waals surface area contributed by atoms with E-state index >= 15 is 0 Å². The quantitative estimate of drug-likeness (QED) is 0.704. The van der Waals surface area contributed by atoms with Crippen molar-refractivity contribution in [2.75, 3.05) is 21.3 Å². The Kier molecular flexibility index (Phi) is 5.97. The van der Waals surface area contributed by atoms with Crippen LogP contribution in [0.2, 0.25) is 0 Å². The van der Waals surface area contributed by atoms with Crippen molar-refractivity contribution in [3.8, 4) is 17.2 Å². The van der Waals surface area contributed by atoms with E-state index in [1.165, 1.54) is 5.56 Å². The number of rotatable bonds is 7. The molecule has 2 aromatic carbocycles. The van der Waals surface area contributed by atoms with Crippen molar-refractivity contribution in [2.24, 2.45) is 10.2 Å². The zero-order valence-electron chi connectivity index (χ0n) is 14.0. The SMILES string of the molecule is CCc1ccccc1N=NCc1cc(OC)c(OC)c(OC)c1. The Morgan fingerprint density at radius 2 is 1.57 bits per heavy atom. The molecule has 0 saturated heterocycles. The van der Waals surface area contributed by atoms with Gasteiger partial charge < -0.3 is 14.2 Å². The van der Waals surface area contributed by atoms with E-state index in [1.54, 1.807) is 21.3 Å². The first-order valence-electron chi connectivity index (χ1n) is 7.47. The van der Waals surface area contributed by atoms with E-state index in [4.69, 9.17) is 14.2 Å². The smallest absolute Gasteiger partial charge is 0.203 e. The summed E-state index contributed by atoms with van der Waals surface area (Å²) in [6.07, 6.45) is 0.930. The molecule has 0 aliphatic rings. The highest BCUT2D eigenvalue weighted by Gasteiger charge is 2.12. The van der Waals surface area contributed by atoms with Gasteiger partial charge in [-0.3, -0.25) is 0 Å². The summed E-state index contributed by atoms with van der Waals surface area (Å²) in [6, 6.07) is 11.8. The van der Waals surface area contributed by atoms with E-state index in [0.29, 0.717) is 23.8 Å². The monoisotopic (exact) mass is 314 g/mol. The third kappa shape index (κ3) is 4.00. The van der Waals surface area contributed by atoms with Gasteiger partial charge in [-0.05, 0) is 35.7 Å². The average Bonchev–Trinajstić information content (AvgIpc) is 2.61. The standard InChI is InChI=1S/C18H22N2O3/c1-5-14-8-6-7-9-15(14)20-19-12-13-10-16(21-2)18(23-4)17(11-13)22-3/h6-11H,5,12H2,1-4H3. The van der Waals surface area contributed by atoms with Gasteiger partial charge in [-0.1, -0.05) is 25.1 Å². The molecule has 0 fully saturated rings. The van der Waals surface area contributed by atoms with E-state index < -0.39 is 0 Å². The minimum absolute atomic E-state index is 0.439. The Balaban J connectivity index is 2.21. The lowest BCUT2D eigenvalue weighted by atomic mass is 10.1. The Morgan fingerprint density at radius 3 is 2.13 bits per heavy atom. The maximum absolute atomic E-state index is 5.34. The highest BCUT2D eigenvalue weighted by Crippen LogP contribution is 2.38. The molecule has 0 unspecified atom stereocenters. The third-order valence-corrected chi connectivity index (χ3v) is 3.53. The first-order valence-corrected chi connectivity index (χ1v) is 7.47. The minimum Gasteiger partial charge on any atom is -0.493 e. The van der Waals surface area contributed by atoms with Crippen LogP contribution in [-0.4, -0.2) is 21.3 Å². The molecule has 5 nitrogen and oxygen atoms in total. The molecule has 2 rings (SSSR count). The fourth-order valence-electron chi connectivity index (χ4n) is 2.33. The van der Waals surface area contributed by atoms with Gasteiger partial charge in [-0.2, -0.15) is 10.2 Å². The molecular formula is C18H22N2O3. The topological polar surface area (TPSA) is 52.4 Å². The summed E-state index contributed by atoms with van der Waals surface area (Å²) in [5, 5.41) is 8.64. The molecule has 0 aliphatic heterocycles. The summed E-state index contributed by atoms with van der Waals surface area (Å²) in [5.41, 5.74) is 3.03. The second-order valence-electron chi connectivity index (χ2n) is 4.92. The van der Waals surface area contributed by atoms with Crippen LogP contribution in [-0.2, 0) is 13.0 Å². The third-order valence-electron chi connectivity index (χ3n) is 3.53. The fraction of sp³-hybridized carbons (Fsp3) is 0.333. The van der Waals surface area contributed by atoms with Crippen molar-refractivity contribution in [3.63, 3.8) is 0 Å². The van der Waals surface area contributed by atoms with Crippen LogP contribution >= 0.6 is 0 Å². The van der Waals surface area contributed by atoms with Crippen LogP contribution in [0, 0.1) is 0 Å². The Hall–Kier alpha value is -2.56. The highest BCUT2D eigenvalue weighted by molar-refractivity contribution is 5.53. The molecule has 0 aromatic heterocycles. The number of ether oxygens (including phenoxy) is 3. The van der Waals surface area contributed by atoms with Crippen LogP contribution in [0.3, 0.4) is 0 Å². The van der Waals surface area contributed by atoms with Gasteiger partial charge in [0, 0.05) is 0 Å². The number of hydrogen-bond donors (Lipinski definition) is 0. The number of benzene rings is 2. The molecule has 0 saturated carbocycles. The molecule has 0 heterocycles. The highest BCUT2D eigenvalue weighted by atomic mass is 16.5. The molecule has 0 amide bonds. The molecule has 122 valence electrons. The van der Waals surface area contributed by atoms with E-state index in [9.17, 15) is 0 Å². The van der Waals surface area contributed by atoms with E-state index in [2.05, 4.69) is 23.2 Å². The average molecular weight is 314 g/mol. The number of nitrogens with zero attached hydrogens (tertiary/aromatic N) is 2. The van der Waals surface area contributed by atoms with E-state index in [-0.39, 0.29) is 0 Å². The molecule has 0 atom stereocenters. The second-order valence-corrected chi connectivity index (χ2v) is 4.92. The van der Waals surface area contributed by atoms with Gasteiger partial charge in [-0.25, -0.2) is 0 Å². The lowest BCUT2D eigenvalue weighted by Gasteiger charge is -2.13. The molecular weight excluding hydrogens is 292 g/mol. The minimum atomic E-state index is 0.439. The van der Waals surface area contributed by atoms with Crippen molar-refractivity contribution < 1.29 is 14.2 Å². The zero-order chi connectivity index (χ0) is 16.7. The van der Waals surface area contributed by atoms with Crippen LogP contribution in [0.4, 0.5) is 5.69 Å². The van der Waals surface area contributed by atoms with Crippen molar-refractivity contribution in [3.05, 3.63) is 47.5 Å². The van der Waals surface area contributed by atoms with Crippen molar-refractivity contribution >= 4 is 5.69 Å². The van der Waals surface area contributed by atoms with Gasteiger partial charge in [0.25, 0.3) is 0 Å². The summed E-state index contributed by atoms with van der Waals surface area (Å²) in [4.78, 5) is 0. The lowest BCUT2D eigenvalue weighted by molar-refractivity contribution is 0.324. The maximum Gasteiger partial charge on any atom is 0.203 e. The number of aryl methyl sites for hydroxylation is 1. The summed E-state index contributed by atoms with van der Waals surface area (Å²) in [7, 11) is 4.78. The van der Waals surface area contributed by atoms with E-state index in [1.807, 2.05) is 30.3 Å². The molecule has 5 heteroatoms.